The molecule has 8 heteroatoms. The van der Waals surface area contributed by atoms with Gasteiger partial charge in [0.25, 0.3) is 0 Å². The second-order valence-electron chi connectivity index (χ2n) is 12.1. The maximum atomic E-state index is 13.8. The number of ether oxygens (including phenoxy) is 4. The highest BCUT2D eigenvalue weighted by atomic mass is 16.5. The molecule has 0 aliphatic carbocycles. The summed E-state index contributed by atoms with van der Waals surface area (Å²) in [6.45, 7) is 4.78. The van der Waals surface area contributed by atoms with Crippen LogP contribution in [0.15, 0.2) is 103 Å². The van der Waals surface area contributed by atoms with Crippen LogP contribution >= 0.6 is 0 Å². The molecule has 8 nitrogen and oxygen atoms in total. The van der Waals surface area contributed by atoms with Crippen molar-refractivity contribution in [1.82, 2.24) is 14.3 Å². The van der Waals surface area contributed by atoms with E-state index in [4.69, 9.17) is 24.0 Å². The largest absolute Gasteiger partial charge is 0.493 e. The monoisotopic (exact) mass is 655 g/mol. The van der Waals surface area contributed by atoms with Crippen molar-refractivity contribution in [3.63, 3.8) is 0 Å². The van der Waals surface area contributed by atoms with Crippen molar-refractivity contribution in [3.8, 4) is 16.9 Å². The zero-order valence-electron chi connectivity index (χ0n) is 28.1. The Labute approximate surface area is 286 Å². The summed E-state index contributed by atoms with van der Waals surface area (Å²) in [5.74, 6) is 0.535. The van der Waals surface area contributed by atoms with E-state index in [-0.39, 0.29) is 12.6 Å². The lowest BCUT2D eigenvalue weighted by Gasteiger charge is -2.13. The van der Waals surface area contributed by atoms with Gasteiger partial charge in [0.05, 0.1) is 56.5 Å². The molecule has 0 radical (unpaired) electrons. The van der Waals surface area contributed by atoms with Crippen molar-refractivity contribution < 1.29 is 23.7 Å². The molecule has 0 atom stereocenters. The normalized spacial score (nSPS) is 12.9. The van der Waals surface area contributed by atoms with Crippen LogP contribution in [-0.4, -0.2) is 40.1 Å². The molecule has 0 amide bonds. The van der Waals surface area contributed by atoms with Gasteiger partial charge >= 0.3 is 5.97 Å². The molecule has 7 rings (SSSR count). The van der Waals surface area contributed by atoms with Crippen molar-refractivity contribution >= 4 is 27.6 Å². The number of aryl methyl sites for hydroxylation is 2. The number of aromatic nitrogens is 3. The molecule has 0 saturated carbocycles. The quantitative estimate of drug-likeness (QED) is 0.0796. The van der Waals surface area contributed by atoms with Gasteiger partial charge in [-0.3, -0.25) is 4.68 Å². The third-order valence-corrected chi connectivity index (χ3v) is 9.00. The molecule has 4 aromatic carbocycles. The summed E-state index contributed by atoms with van der Waals surface area (Å²) < 4.78 is 28.3. The van der Waals surface area contributed by atoms with E-state index in [2.05, 4.69) is 59.2 Å². The number of para-hydroxylation sites is 1. The van der Waals surface area contributed by atoms with Crippen molar-refractivity contribution in [1.29, 1.82) is 0 Å². The summed E-state index contributed by atoms with van der Waals surface area (Å²) in [6, 6.07) is 30.8. The lowest BCUT2D eigenvalue weighted by Crippen LogP contribution is -2.14. The topological polar surface area (TPSA) is 76.7 Å². The Kier molecular flexibility index (Phi) is 9.86. The van der Waals surface area contributed by atoms with Crippen LogP contribution < -0.4 is 4.74 Å². The van der Waals surface area contributed by atoms with Gasteiger partial charge < -0.3 is 23.5 Å². The number of rotatable bonds is 11. The van der Waals surface area contributed by atoms with Crippen LogP contribution in [0, 0.1) is 0 Å². The van der Waals surface area contributed by atoms with Crippen LogP contribution in [0.2, 0.25) is 0 Å². The fourth-order valence-electron chi connectivity index (χ4n) is 6.81. The molecule has 6 aromatic rings. The minimum Gasteiger partial charge on any atom is -0.493 e. The van der Waals surface area contributed by atoms with Crippen molar-refractivity contribution in [2.24, 2.45) is 7.05 Å². The van der Waals surface area contributed by atoms with Crippen LogP contribution in [0.3, 0.4) is 0 Å². The third-order valence-electron chi connectivity index (χ3n) is 9.00. The van der Waals surface area contributed by atoms with Gasteiger partial charge in [0.1, 0.15) is 11.4 Å². The summed E-state index contributed by atoms with van der Waals surface area (Å²) in [6.07, 6.45) is 5.43. The average molecular weight is 656 g/mol. The van der Waals surface area contributed by atoms with Crippen molar-refractivity contribution in [2.45, 2.75) is 46.1 Å². The summed E-state index contributed by atoms with van der Waals surface area (Å²) in [5.41, 5.74) is 7.36. The summed E-state index contributed by atoms with van der Waals surface area (Å²) in [4.78, 5) is 13.8. The minimum absolute atomic E-state index is 0.288. The Bertz CT molecular complexity index is 2110. The highest BCUT2D eigenvalue weighted by Gasteiger charge is 2.28. The molecule has 0 fully saturated rings. The van der Waals surface area contributed by atoms with Gasteiger partial charge in [0.15, 0.2) is 0 Å². The molecule has 2 aromatic heterocycles. The number of hydrogen-bond donors (Lipinski definition) is 0. The predicted octanol–water partition coefficient (Wildman–Crippen LogP) is 8.19. The molecule has 0 saturated heterocycles. The first-order valence-corrected chi connectivity index (χ1v) is 16.9. The summed E-state index contributed by atoms with van der Waals surface area (Å²) in [7, 11) is 1.95. The number of allylic oxidation sites excluding steroid dienone is 1. The van der Waals surface area contributed by atoms with E-state index in [1.54, 1.807) is 0 Å². The predicted molar refractivity (Wildman–Crippen MR) is 192 cm³/mol. The van der Waals surface area contributed by atoms with Gasteiger partial charge in [-0.1, -0.05) is 97.1 Å². The van der Waals surface area contributed by atoms with E-state index < -0.39 is 0 Å². The smallest absolute Gasteiger partial charge is 0.355 e. The second kappa shape index (κ2) is 14.9. The Morgan fingerprint density at radius 2 is 1.69 bits per heavy atom. The number of hydrogen-bond acceptors (Lipinski definition) is 6. The zero-order valence-corrected chi connectivity index (χ0v) is 28.1. The van der Waals surface area contributed by atoms with Crippen LogP contribution in [0.1, 0.15) is 46.3 Å². The Balaban J connectivity index is 1.28. The highest BCUT2D eigenvalue weighted by molar-refractivity contribution is 6.05. The molecule has 1 aliphatic rings. The zero-order chi connectivity index (χ0) is 33.6. The SMILES string of the molecule is CCOC(=O)c1c(CCCOc2cccc3ccccc23)c2cccc3c2n1CC=CCOCc1c-3c(COCc2ccccc2)nn1C. The first kappa shape index (κ1) is 32.4. The second-order valence-corrected chi connectivity index (χ2v) is 12.1. The lowest BCUT2D eigenvalue weighted by molar-refractivity contribution is 0.0513. The molecule has 1 aliphatic heterocycles. The van der Waals surface area contributed by atoms with Gasteiger partial charge in [-0.2, -0.15) is 5.10 Å². The number of fused-ring (bicyclic) bond motifs is 3. The Morgan fingerprint density at radius 3 is 2.57 bits per heavy atom. The maximum Gasteiger partial charge on any atom is 0.355 e. The fraction of sp³-hybridized carbons (Fsp3) is 0.268. The number of carbonyl (C=O) groups is 1. The number of carbonyl (C=O) groups excluding carboxylic acids is 1. The van der Waals surface area contributed by atoms with Gasteiger partial charge in [-0.05, 0) is 42.3 Å². The van der Waals surface area contributed by atoms with Crippen molar-refractivity contribution in [2.75, 3.05) is 19.8 Å². The first-order chi connectivity index (χ1) is 24.1. The summed E-state index contributed by atoms with van der Waals surface area (Å²) in [5, 5.41) is 8.19. The molecule has 250 valence electrons. The molecule has 0 N–H and O–H groups in total. The molecule has 0 bridgehead atoms. The lowest BCUT2D eigenvalue weighted by atomic mass is 9.98. The first-order valence-electron chi connectivity index (χ1n) is 16.9. The van der Waals surface area contributed by atoms with Crippen molar-refractivity contribution in [3.05, 3.63) is 131 Å². The van der Waals surface area contributed by atoms with Gasteiger partial charge in [-0.25, -0.2) is 4.79 Å². The Hall–Kier alpha value is -5.18. The van der Waals surface area contributed by atoms with Crippen LogP contribution in [-0.2, 0) is 54.0 Å². The van der Waals surface area contributed by atoms with E-state index in [1.807, 2.05) is 67.2 Å². The number of benzene rings is 4. The van der Waals surface area contributed by atoms with E-state index in [0.717, 1.165) is 67.5 Å². The molecule has 0 unspecified atom stereocenters. The van der Waals surface area contributed by atoms with Crippen LogP contribution in [0.4, 0.5) is 0 Å². The Morgan fingerprint density at radius 1 is 0.898 bits per heavy atom. The molecular weight excluding hydrogens is 614 g/mol. The van der Waals surface area contributed by atoms with Crippen LogP contribution in [0.5, 0.6) is 5.75 Å². The number of esters is 1. The fourth-order valence-corrected chi connectivity index (χ4v) is 6.81. The van der Waals surface area contributed by atoms with Crippen LogP contribution in [0.25, 0.3) is 32.8 Å². The standard InChI is InChI=1S/C41H41N3O5/c1-3-48-41(45)40-33(21-13-25-49-37-22-11-17-30-16-7-8-18-31(30)37)32-19-12-20-34-38-35(27-47-26-29-14-5-4-6-15-29)42-43(2)36(38)28-46-24-10-9-23-44(40)39(32)34/h4-12,14-20,22H,3,13,21,23-28H2,1-2H3. The van der Waals surface area contributed by atoms with Gasteiger partial charge in [0.2, 0.25) is 0 Å². The van der Waals surface area contributed by atoms with E-state index in [9.17, 15) is 4.79 Å². The van der Waals surface area contributed by atoms with E-state index in [0.29, 0.717) is 51.7 Å². The maximum absolute atomic E-state index is 13.8. The minimum atomic E-state index is -0.327. The summed E-state index contributed by atoms with van der Waals surface area (Å²) >= 11 is 0. The van der Waals surface area contributed by atoms with E-state index >= 15 is 0 Å². The highest BCUT2D eigenvalue weighted by Crippen LogP contribution is 2.39. The molecule has 3 heterocycles. The molecular formula is C41H41N3O5. The average Bonchev–Trinajstić information content (AvgIpc) is 3.60. The van der Waals surface area contributed by atoms with Gasteiger partial charge in [0, 0.05) is 35.5 Å². The van der Waals surface area contributed by atoms with Gasteiger partial charge in [-0.15, -0.1) is 0 Å². The number of nitrogens with zero attached hydrogens (tertiary/aromatic N) is 3. The van der Waals surface area contributed by atoms with E-state index in [1.165, 1.54) is 0 Å². The molecule has 0 spiro atoms. The third kappa shape index (κ3) is 6.75. The molecule has 49 heavy (non-hydrogen) atoms.